The van der Waals surface area contributed by atoms with Gasteiger partial charge in [-0.1, -0.05) is 13.3 Å². The van der Waals surface area contributed by atoms with E-state index in [1.165, 1.54) is 0 Å². The van der Waals surface area contributed by atoms with E-state index in [1.54, 1.807) is 11.8 Å². The van der Waals surface area contributed by atoms with Gasteiger partial charge in [0, 0.05) is 22.5 Å². The molecular weight excluding hydrogens is 260 g/mol. The molecule has 2 N–H and O–H groups in total. The monoisotopic (exact) mass is 274 g/mol. The molecule has 4 heteroatoms. The van der Waals surface area contributed by atoms with Crippen LogP contribution in [0.15, 0.2) is 27.8 Å². The third-order valence-electron chi connectivity index (χ3n) is 1.81. The molecule has 1 atom stereocenters. The second kappa shape index (κ2) is 6.43. The van der Waals surface area contributed by atoms with Crippen LogP contribution in [0.3, 0.4) is 0 Å². The van der Waals surface area contributed by atoms with Crippen LogP contribution < -0.4 is 5.73 Å². The molecule has 0 spiro atoms. The Morgan fingerprint density at radius 3 is 2.93 bits per heavy atom. The summed E-state index contributed by atoms with van der Waals surface area (Å²) in [6, 6.07) is 4.30. The Balaban J connectivity index is 2.34. The molecule has 0 saturated carbocycles. The van der Waals surface area contributed by atoms with E-state index in [2.05, 4.69) is 27.8 Å². The summed E-state index contributed by atoms with van der Waals surface area (Å²) in [6.45, 7) is 2.16. The second-order valence-corrected chi connectivity index (χ2v) is 5.13. The van der Waals surface area contributed by atoms with Gasteiger partial charge in [-0.15, -0.1) is 11.8 Å². The molecule has 1 aromatic heterocycles. The van der Waals surface area contributed by atoms with Crippen LogP contribution in [-0.2, 0) is 0 Å². The summed E-state index contributed by atoms with van der Waals surface area (Å²) < 4.78 is 1.01. The molecule has 0 aliphatic rings. The summed E-state index contributed by atoms with van der Waals surface area (Å²) in [4.78, 5) is 4.27. The minimum Gasteiger partial charge on any atom is -0.327 e. The number of thioether (sulfide) groups is 1. The predicted octanol–water partition coefficient (Wildman–Crippen LogP) is 3.06. The maximum absolute atomic E-state index is 5.90. The van der Waals surface area contributed by atoms with E-state index in [-0.39, 0.29) is 6.04 Å². The van der Waals surface area contributed by atoms with Crippen molar-refractivity contribution in [1.82, 2.24) is 4.98 Å². The zero-order valence-electron chi connectivity index (χ0n) is 8.24. The largest absolute Gasteiger partial charge is 0.327 e. The second-order valence-electron chi connectivity index (χ2n) is 3.17. The predicted molar refractivity (Wildman–Crippen MR) is 65.5 cm³/mol. The fraction of sp³-hybridized carbons (Fsp3) is 0.500. The Bertz CT molecular complexity index is 263. The molecule has 0 radical (unpaired) electrons. The van der Waals surface area contributed by atoms with Gasteiger partial charge in [0.2, 0.25) is 0 Å². The molecule has 0 fully saturated rings. The van der Waals surface area contributed by atoms with E-state index in [1.807, 2.05) is 18.3 Å². The number of rotatable bonds is 5. The zero-order chi connectivity index (χ0) is 10.4. The van der Waals surface area contributed by atoms with E-state index in [4.69, 9.17) is 5.73 Å². The summed E-state index contributed by atoms with van der Waals surface area (Å²) >= 11 is 5.07. The standard InChI is InChI=1S/C10H15BrN2S/c1-2-3-9(12)7-14-10-5-4-8(11)6-13-10/h4-6,9H,2-3,7,12H2,1H3. The van der Waals surface area contributed by atoms with Gasteiger partial charge in [-0.2, -0.15) is 0 Å². The van der Waals surface area contributed by atoms with Gasteiger partial charge in [-0.25, -0.2) is 4.98 Å². The van der Waals surface area contributed by atoms with Gasteiger partial charge < -0.3 is 5.73 Å². The lowest BCUT2D eigenvalue weighted by Gasteiger charge is -2.08. The average molecular weight is 275 g/mol. The summed E-state index contributed by atoms with van der Waals surface area (Å²) in [7, 11) is 0. The van der Waals surface area contributed by atoms with Gasteiger partial charge in [0.15, 0.2) is 0 Å². The van der Waals surface area contributed by atoms with Crippen LogP contribution in [0.4, 0.5) is 0 Å². The summed E-state index contributed by atoms with van der Waals surface area (Å²) in [6.07, 6.45) is 4.05. The SMILES string of the molecule is CCCC(N)CSc1ccc(Br)cn1. The molecule has 0 bridgehead atoms. The van der Waals surface area contributed by atoms with Crippen LogP contribution in [-0.4, -0.2) is 16.8 Å². The number of hydrogen-bond donors (Lipinski definition) is 1. The number of aromatic nitrogens is 1. The molecule has 0 saturated heterocycles. The Morgan fingerprint density at radius 1 is 1.57 bits per heavy atom. The molecule has 0 aromatic carbocycles. The average Bonchev–Trinajstić information content (AvgIpc) is 2.17. The number of nitrogens with zero attached hydrogens (tertiary/aromatic N) is 1. The van der Waals surface area contributed by atoms with Crippen molar-refractivity contribution in [3.8, 4) is 0 Å². The van der Waals surface area contributed by atoms with Crippen LogP contribution in [0.5, 0.6) is 0 Å². The molecule has 14 heavy (non-hydrogen) atoms. The maximum Gasteiger partial charge on any atom is 0.0961 e. The first kappa shape index (κ1) is 12.0. The van der Waals surface area contributed by atoms with Gasteiger partial charge >= 0.3 is 0 Å². The minimum atomic E-state index is 0.287. The smallest absolute Gasteiger partial charge is 0.0961 e. The molecule has 2 nitrogen and oxygen atoms in total. The molecule has 78 valence electrons. The molecule has 1 unspecified atom stereocenters. The van der Waals surface area contributed by atoms with Gasteiger partial charge in [0.1, 0.15) is 0 Å². The van der Waals surface area contributed by atoms with Crippen molar-refractivity contribution in [3.05, 3.63) is 22.8 Å². The first-order valence-corrected chi connectivity index (χ1v) is 6.50. The van der Waals surface area contributed by atoms with Gasteiger partial charge in [0.25, 0.3) is 0 Å². The first-order valence-electron chi connectivity index (χ1n) is 4.72. The lowest BCUT2D eigenvalue weighted by atomic mass is 10.2. The summed E-state index contributed by atoms with van der Waals surface area (Å²) in [5.41, 5.74) is 5.90. The number of pyridine rings is 1. The first-order chi connectivity index (χ1) is 6.72. The fourth-order valence-corrected chi connectivity index (χ4v) is 2.17. The highest BCUT2D eigenvalue weighted by molar-refractivity contribution is 9.10. The normalized spacial score (nSPS) is 12.8. The zero-order valence-corrected chi connectivity index (χ0v) is 10.6. The van der Waals surface area contributed by atoms with Crippen molar-refractivity contribution in [2.45, 2.75) is 30.8 Å². The third kappa shape index (κ3) is 4.44. The van der Waals surface area contributed by atoms with Crippen LogP contribution >= 0.6 is 27.7 Å². The topological polar surface area (TPSA) is 38.9 Å². The lowest BCUT2D eigenvalue weighted by Crippen LogP contribution is -2.22. The van der Waals surface area contributed by atoms with E-state index in [0.29, 0.717) is 0 Å². The molecule has 1 rings (SSSR count). The number of nitrogens with two attached hydrogens (primary N) is 1. The van der Waals surface area contributed by atoms with Crippen molar-refractivity contribution in [3.63, 3.8) is 0 Å². The van der Waals surface area contributed by atoms with Crippen LogP contribution in [0.1, 0.15) is 19.8 Å². The van der Waals surface area contributed by atoms with Gasteiger partial charge in [-0.3, -0.25) is 0 Å². The maximum atomic E-state index is 5.90. The Morgan fingerprint density at radius 2 is 2.36 bits per heavy atom. The minimum absolute atomic E-state index is 0.287. The summed E-state index contributed by atoms with van der Waals surface area (Å²) in [5.74, 6) is 0.947. The quantitative estimate of drug-likeness (QED) is 0.839. The molecule has 1 heterocycles. The van der Waals surface area contributed by atoms with E-state index in [9.17, 15) is 0 Å². The molecule has 0 amide bonds. The Kier molecular flexibility index (Phi) is 5.52. The van der Waals surface area contributed by atoms with Crippen molar-refractivity contribution in [1.29, 1.82) is 0 Å². The van der Waals surface area contributed by atoms with Crippen LogP contribution in [0.25, 0.3) is 0 Å². The molecule has 0 aliphatic heterocycles. The van der Waals surface area contributed by atoms with Crippen LogP contribution in [0.2, 0.25) is 0 Å². The summed E-state index contributed by atoms with van der Waals surface area (Å²) in [5, 5.41) is 1.04. The molecular formula is C10H15BrN2S. The number of halogens is 1. The lowest BCUT2D eigenvalue weighted by molar-refractivity contribution is 0.660. The van der Waals surface area contributed by atoms with Crippen molar-refractivity contribution in [2.24, 2.45) is 5.73 Å². The van der Waals surface area contributed by atoms with Crippen molar-refractivity contribution >= 4 is 27.7 Å². The molecule has 1 aromatic rings. The Hall–Kier alpha value is -0.0600. The highest BCUT2D eigenvalue weighted by Gasteiger charge is 2.02. The highest BCUT2D eigenvalue weighted by atomic mass is 79.9. The van der Waals surface area contributed by atoms with E-state index in [0.717, 1.165) is 28.1 Å². The van der Waals surface area contributed by atoms with Crippen LogP contribution in [0, 0.1) is 0 Å². The van der Waals surface area contributed by atoms with Gasteiger partial charge in [0.05, 0.1) is 5.03 Å². The van der Waals surface area contributed by atoms with Crippen molar-refractivity contribution in [2.75, 3.05) is 5.75 Å². The van der Waals surface area contributed by atoms with E-state index >= 15 is 0 Å². The van der Waals surface area contributed by atoms with Crippen molar-refractivity contribution < 1.29 is 0 Å². The van der Waals surface area contributed by atoms with Gasteiger partial charge in [-0.05, 0) is 34.5 Å². The fourth-order valence-electron chi connectivity index (χ4n) is 1.09. The number of hydrogen-bond acceptors (Lipinski definition) is 3. The van der Waals surface area contributed by atoms with E-state index < -0.39 is 0 Å². The molecule has 0 aliphatic carbocycles. The highest BCUT2D eigenvalue weighted by Crippen LogP contribution is 2.18. The third-order valence-corrected chi connectivity index (χ3v) is 3.41. The Labute approximate surface area is 97.8 Å².